The molecule has 0 amide bonds. The Morgan fingerprint density at radius 2 is 1.52 bits per heavy atom. The Kier molecular flexibility index (Phi) is 10.7. The molecule has 8 heteroatoms. The molecule has 0 fully saturated rings. The first-order valence-electron chi connectivity index (χ1n) is 8.27. The summed E-state index contributed by atoms with van der Waals surface area (Å²) >= 11 is 0. The fourth-order valence-electron chi connectivity index (χ4n) is 2.05. The van der Waals surface area contributed by atoms with E-state index in [-0.39, 0.29) is 25.6 Å². The van der Waals surface area contributed by atoms with Crippen molar-refractivity contribution in [2.45, 2.75) is 6.10 Å². The molecule has 1 atom stereocenters. The molecule has 0 aromatic heterocycles. The van der Waals surface area contributed by atoms with Crippen molar-refractivity contribution in [2.24, 2.45) is 0 Å². The first kappa shape index (κ1) is 22.6. The van der Waals surface area contributed by atoms with Crippen molar-refractivity contribution in [3.63, 3.8) is 0 Å². The summed E-state index contributed by atoms with van der Waals surface area (Å²) in [4.78, 5) is 10.4. The number of carboxylic acids is 1. The van der Waals surface area contributed by atoms with Crippen molar-refractivity contribution in [1.29, 1.82) is 0 Å². The van der Waals surface area contributed by atoms with Crippen LogP contribution in [0.3, 0.4) is 0 Å². The van der Waals surface area contributed by atoms with Gasteiger partial charge in [-0.1, -0.05) is 18.2 Å². The van der Waals surface area contributed by atoms with Crippen LogP contribution in [0.2, 0.25) is 0 Å². The quantitative estimate of drug-likeness (QED) is 0.471. The Morgan fingerprint density at radius 3 is 2.15 bits per heavy atom. The second-order valence-electron chi connectivity index (χ2n) is 5.48. The van der Waals surface area contributed by atoms with E-state index in [2.05, 4.69) is 5.32 Å². The molecule has 0 bridgehead atoms. The molecule has 2 rings (SSSR count). The Labute approximate surface area is 164 Å². The van der Waals surface area contributed by atoms with E-state index in [1.807, 2.05) is 30.3 Å². The highest BCUT2D eigenvalue weighted by Crippen LogP contribution is 2.17. The second kappa shape index (κ2) is 12.8. The molecule has 0 radical (unpaired) electrons. The van der Waals surface area contributed by atoms with E-state index in [0.29, 0.717) is 31.2 Å². The van der Waals surface area contributed by atoms with Gasteiger partial charge in [0.1, 0.15) is 36.6 Å². The Morgan fingerprint density at radius 1 is 0.926 bits per heavy atom. The molecule has 0 heterocycles. The van der Waals surface area contributed by atoms with Gasteiger partial charge in [-0.15, -0.1) is 12.4 Å². The van der Waals surface area contributed by atoms with Gasteiger partial charge in [0.25, 0.3) is 0 Å². The van der Waals surface area contributed by atoms with Crippen molar-refractivity contribution in [2.75, 3.05) is 32.9 Å². The number of aliphatic hydroxyl groups excluding tert-OH is 1. The van der Waals surface area contributed by atoms with Crippen molar-refractivity contribution in [3.8, 4) is 17.2 Å². The molecule has 0 saturated carbocycles. The van der Waals surface area contributed by atoms with Crippen LogP contribution in [0.4, 0.5) is 0 Å². The number of carboxylic acid groups (broad SMARTS) is 1. The SMILES string of the molecule is Cl.O=C(O)COc1ccc(OCCNC[C@H](O)COc2ccccc2)cc1. The maximum Gasteiger partial charge on any atom is 0.341 e. The Hall–Kier alpha value is -2.48. The Bertz CT molecular complexity index is 653. The second-order valence-corrected chi connectivity index (χ2v) is 5.48. The van der Waals surface area contributed by atoms with Crippen LogP contribution < -0.4 is 19.5 Å². The fraction of sp³-hybridized carbons (Fsp3) is 0.316. The molecule has 0 aliphatic carbocycles. The molecule has 2 aromatic rings. The number of halogens is 1. The minimum Gasteiger partial charge on any atom is -0.492 e. The van der Waals surface area contributed by atoms with Crippen LogP contribution >= 0.6 is 12.4 Å². The smallest absolute Gasteiger partial charge is 0.341 e. The first-order chi connectivity index (χ1) is 12.6. The molecule has 27 heavy (non-hydrogen) atoms. The standard InChI is InChI=1S/C19H23NO6.ClH/c21-15(13-25-16-4-2-1-3-5-16)12-20-10-11-24-17-6-8-18(9-7-17)26-14-19(22)23;/h1-9,15,20-21H,10-14H2,(H,22,23);1H/t15-;/m0./s1. The van der Waals surface area contributed by atoms with Gasteiger partial charge in [0, 0.05) is 13.1 Å². The molecular formula is C19H24ClNO6. The van der Waals surface area contributed by atoms with Gasteiger partial charge in [-0.2, -0.15) is 0 Å². The summed E-state index contributed by atoms with van der Waals surface area (Å²) in [5.74, 6) is 0.834. The van der Waals surface area contributed by atoms with Crippen LogP contribution in [0, 0.1) is 0 Å². The highest BCUT2D eigenvalue weighted by atomic mass is 35.5. The number of aliphatic carboxylic acids is 1. The summed E-state index contributed by atoms with van der Waals surface area (Å²) in [6.07, 6.45) is -0.610. The third kappa shape index (κ3) is 9.69. The van der Waals surface area contributed by atoms with Gasteiger partial charge in [-0.3, -0.25) is 0 Å². The minimum absolute atomic E-state index is 0. The van der Waals surface area contributed by atoms with Gasteiger partial charge in [-0.25, -0.2) is 4.79 Å². The summed E-state index contributed by atoms with van der Waals surface area (Å²) in [6, 6.07) is 16.1. The molecule has 2 aromatic carbocycles. The highest BCUT2D eigenvalue weighted by Gasteiger charge is 2.05. The van der Waals surface area contributed by atoms with Crippen molar-refractivity contribution < 1.29 is 29.2 Å². The lowest BCUT2D eigenvalue weighted by Gasteiger charge is -2.13. The third-order valence-corrected chi connectivity index (χ3v) is 3.30. The van der Waals surface area contributed by atoms with Crippen LogP contribution in [-0.4, -0.2) is 55.2 Å². The number of nitrogens with one attached hydrogen (secondary N) is 1. The van der Waals surface area contributed by atoms with Gasteiger partial charge < -0.3 is 29.7 Å². The summed E-state index contributed by atoms with van der Waals surface area (Å²) in [6.45, 7) is 1.25. The average Bonchev–Trinajstić information content (AvgIpc) is 2.66. The molecule has 0 spiro atoms. The van der Waals surface area contributed by atoms with Crippen LogP contribution in [-0.2, 0) is 4.79 Å². The number of aliphatic hydroxyl groups is 1. The molecule has 7 nitrogen and oxygen atoms in total. The summed E-state index contributed by atoms with van der Waals surface area (Å²) in [5.41, 5.74) is 0. The summed E-state index contributed by atoms with van der Waals surface area (Å²) < 4.78 is 16.1. The number of hydrogen-bond acceptors (Lipinski definition) is 6. The zero-order chi connectivity index (χ0) is 18.6. The maximum absolute atomic E-state index is 10.4. The van der Waals surface area contributed by atoms with Crippen molar-refractivity contribution in [1.82, 2.24) is 5.32 Å². The van der Waals surface area contributed by atoms with E-state index in [4.69, 9.17) is 19.3 Å². The van der Waals surface area contributed by atoms with E-state index >= 15 is 0 Å². The van der Waals surface area contributed by atoms with E-state index in [9.17, 15) is 9.90 Å². The largest absolute Gasteiger partial charge is 0.492 e. The number of hydrogen-bond donors (Lipinski definition) is 3. The molecule has 148 valence electrons. The van der Waals surface area contributed by atoms with Crippen LogP contribution in [0.25, 0.3) is 0 Å². The lowest BCUT2D eigenvalue weighted by atomic mass is 10.3. The van der Waals surface area contributed by atoms with Crippen LogP contribution in [0.5, 0.6) is 17.2 Å². The molecule has 0 aliphatic rings. The van der Waals surface area contributed by atoms with E-state index in [0.717, 1.165) is 5.75 Å². The number of ether oxygens (including phenoxy) is 3. The van der Waals surface area contributed by atoms with Gasteiger partial charge in [0.2, 0.25) is 0 Å². The van der Waals surface area contributed by atoms with E-state index in [1.54, 1.807) is 24.3 Å². The maximum atomic E-state index is 10.4. The van der Waals surface area contributed by atoms with Gasteiger partial charge in [0.05, 0.1) is 0 Å². The summed E-state index contributed by atoms with van der Waals surface area (Å²) in [7, 11) is 0. The summed E-state index contributed by atoms with van der Waals surface area (Å²) in [5, 5.41) is 21.5. The number of para-hydroxylation sites is 1. The Balaban J connectivity index is 0.00000364. The van der Waals surface area contributed by atoms with E-state index in [1.165, 1.54) is 0 Å². The third-order valence-electron chi connectivity index (χ3n) is 3.30. The monoisotopic (exact) mass is 397 g/mol. The fourth-order valence-corrected chi connectivity index (χ4v) is 2.05. The lowest BCUT2D eigenvalue weighted by molar-refractivity contribution is -0.139. The number of rotatable bonds is 12. The molecular weight excluding hydrogens is 374 g/mol. The van der Waals surface area contributed by atoms with Gasteiger partial charge in [0.15, 0.2) is 6.61 Å². The molecule has 3 N–H and O–H groups in total. The zero-order valence-electron chi connectivity index (χ0n) is 14.7. The average molecular weight is 398 g/mol. The molecule has 0 saturated heterocycles. The predicted molar refractivity (Wildman–Crippen MR) is 103 cm³/mol. The molecule has 0 unspecified atom stereocenters. The minimum atomic E-state index is -1.02. The van der Waals surface area contributed by atoms with Crippen molar-refractivity contribution >= 4 is 18.4 Å². The van der Waals surface area contributed by atoms with Crippen molar-refractivity contribution in [3.05, 3.63) is 54.6 Å². The number of benzene rings is 2. The normalized spacial score (nSPS) is 11.1. The van der Waals surface area contributed by atoms with Crippen LogP contribution in [0.15, 0.2) is 54.6 Å². The van der Waals surface area contributed by atoms with Gasteiger partial charge in [-0.05, 0) is 36.4 Å². The predicted octanol–water partition coefficient (Wildman–Crippen LogP) is 1.98. The lowest BCUT2D eigenvalue weighted by Crippen LogP contribution is -2.33. The van der Waals surface area contributed by atoms with Gasteiger partial charge >= 0.3 is 5.97 Å². The number of carbonyl (C=O) groups is 1. The first-order valence-corrected chi connectivity index (χ1v) is 8.27. The van der Waals surface area contributed by atoms with Crippen LogP contribution in [0.1, 0.15) is 0 Å². The zero-order valence-corrected chi connectivity index (χ0v) is 15.6. The molecule has 0 aliphatic heterocycles. The topological polar surface area (TPSA) is 97.3 Å². The van der Waals surface area contributed by atoms with E-state index < -0.39 is 12.1 Å². The highest BCUT2D eigenvalue weighted by molar-refractivity contribution is 5.85.